The summed E-state index contributed by atoms with van der Waals surface area (Å²) < 4.78 is 0. The molecule has 2 heteroatoms. The van der Waals surface area contributed by atoms with Crippen LogP contribution < -0.4 is 0 Å². The molecule has 1 fully saturated rings. The van der Waals surface area contributed by atoms with Crippen LogP contribution in [0, 0.1) is 17.3 Å². The summed E-state index contributed by atoms with van der Waals surface area (Å²) in [5.74, 6) is 0.756. The maximum Gasteiger partial charge on any atom is 0.0590 e. The van der Waals surface area contributed by atoms with E-state index >= 15 is 0 Å². The van der Waals surface area contributed by atoms with E-state index in [2.05, 4.69) is 20.8 Å². The second-order valence-electron chi connectivity index (χ2n) is 5.39. The molecule has 0 amide bonds. The summed E-state index contributed by atoms with van der Waals surface area (Å²) in [5, 5.41) is 18.7. The topological polar surface area (TPSA) is 40.5 Å². The van der Waals surface area contributed by atoms with Crippen LogP contribution in [0.15, 0.2) is 0 Å². The molecule has 1 aliphatic carbocycles. The molecule has 1 saturated carbocycles. The van der Waals surface area contributed by atoms with E-state index in [-0.39, 0.29) is 18.6 Å². The van der Waals surface area contributed by atoms with Crippen molar-refractivity contribution in [1.82, 2.24) is 0 Å². The first kappa shape index (κ1) is 11.0. The number of aliphatic hydroxyl groups is 2. The molecule has 2 N–H and O–H groups in total. The predicted molar refractivity (Wildman–Crippen MR) is 53.4 cm³/mol. The van der Waals surface area contributed by atoms with Crippen LogP contribution in [-0.2, 0) is 0 Å². The fourth-order valence-corrected chi connectivity index (χ4v) is 2.23. The van der Waals surface area contributed by atoms with Gasteiger partial charge in [-0.05, 0) is 30.6 Å². The highest BCUT2D eigenvalue weighted by atomic mass is 16.3. The van der Waals surface area contributed by atoms with E-state index in [0.717, 1.165) is 19.3 Å². The highest BCUT2D eigenvalue weighted by Crippen LogP contribution is 2.40. The molecule has 13 heavy (non-hydrogen) atoms. The second-order valence-corrected chi connectivity index (χ2v) is 5.39. The maximum atomic E-state index is 9.59. The Kier molecular flexibility index (Phi) is 3.36. The molecule has 0 radical (unpaired) electrons. The average molecular weight is 186 g/mol. The van der Waals surface area contributed by atoms with Crippen LogP contribution in [0.3, 0.4) is 0 Å². The lowest BCUT2D eigenvalue weighted by atomic mass is 9.68. The molecule has 1 rings (SSSR count). The van der Waals surface area contributed by atoms with Gasteiger partial charge in [0.2, 0.25) is 0 Å². The standard InChI is InChI=1S/C11H22O2/c1-11(2,3)9-4-5-10(13)8(6-9)7-12/h8-10,12-13H,4-7H2,1-3H3. The van der Waals surface area contributed by atoms with Gasteiger partial charge < -0.3 is 10.2 Å². The zero-order valence-corrected chi connectivity index (χ0v) is 8.95. The van der Waals surface area contributed by atoms with Gasteiger partial charge in [0.25, 0.3) is 0 Å². The fraction of sp³-hybridized carbons (Fsp3) is 1.00. The minimum absolute atomic E-state index is 0.109. The maximum absolute atomic E-state index is 9.59. The minimum Gasteiger partial charge on any atom is -0.396 e. The third-order valence-electron chi connectivity index (χ3n) is 3.40. The monoisotopic (exact) mass is 186 g/mol. The molecule has 2 nitrogen and oxygen atoms in total. The van der Waals surface area contributed by atoms with E-state index in [9.17, 15) is 5.11 Å². The largest absolute Gasteiger partial charge is 0.396 e. The van der Waals surface area contributed by atoms with Crippen molar-refractivity contribution in [1.29, 1.82) is 0 Å². The quantitative estimate of drug-likeness (QED) is 0.655. The predicted octanol–water partition coefficient (Wildman–Crippen LogP) is 1.80. The number of aliphatic hydroxyl groups excluding tert-OH is 2. The van der Waals surface area contributed by atoms with Gasteiger partial charge in [-0.25, -0.2) is 0 Å². The van der Waals surface area contributed by atoms with E-state index in [1.165, 1.54) is 0 Å². The Morgan fingerprint density at radius 1 is 1.23 bits per heavy atom. The molecule has 0 aromatic carbocycles. The van der Waals surface area contributed by atoms with Crippen LogP contribution >= 0.6 is 0 Å². The first-order chi connectivity index (χ1) is 5.95. The molecule has 1 aliphatic rings. The summed E-state index contributed by atoms with van der Waals surface area (Å²) in [6.45, 7) is 6.85. The Bertz CT molecular complexity index is 160. The van der Waals surface area contributed by atoms with Crippen LogP contribution in [0.2, 0.25) is 0 Å². The summed E-state index contributed by atoms with van der Waals surface area (Å²) in [7, 11) is 0. The Balaban J connectivity index is 2.55. The zero-order valence-electron chi connectivity index (χ0n) is 8.95. The van der Waals surface area contributed by atoms with Crippen molar-refractivity contribution in [2.24, 2.45) is 17.3 Å². The van der Waals surface area contributed by atoms with Crippen molar-refractivity contribution in [3.8, 4) is 0 Å². The van der Waals surface area contributed by atoms with Gasteiger partial charge in [0.15, 0.2) is 0 Å². The van der Waals surface area contributed by atoms with E-state index in [1.807, 2.05) is 0 Å². The molecule has 0 aliphatic heterocycles. The van der Waals surface area contributed by atoms with Crippen molar-refractivity contribution in [3.05, 3.63) is 0 Å². The van der Waals surface area contributed by atoms with Gasteiger partial charge in [0, 0.05) is 12.5 Å². The molecule has 0 aromatic rings. The van der Waals surface area contributed by atoms with E-state index in [0.29, 0.717) is 11.3 Å². The lowest BCUT2D eigenvalue weighted by Crippen LogP contribution is -2.36. The van der Waals surface area contributed by atoms with Gasteiger partial charge >= 0.3 is 0 Å². The first-order valence-electron chi connectivity index (χ1n) is 5.24. The second kappa shape index (κ2) is 3.97. The molecule has 3 unspecified atom stereocenters. The molecule has 3 atom stereocenters. The van der Waals surface area contributed by atoms with Crippen LogP contribution in [0.5, 0.6) is 0 Å². The first-order valence-corrected chi connectivity index (χ1v) is 5.24. The van der Waals surface area contributed by atoms with Crippen molar-refractivity contribution < 1.29 is 10.2 Å². The van der Waals surface area contributed by atoms with Gasteiger partial charge in [-0.3, -0.25) is 0 Å². The van der Waals surface area contributed by atoms with Gasteiger partial charge in [-0.1, -0.05) is 20.8 Å². The summed E-state index contributed by atoms with van der Waals surface area (Å²) in [5.41, 5.74) is 0.313. The number of rotatable bonds is 1. The van der Waals surface area contributed by atoms with Gasteiger partial charge in [0.1, 0.15) is 0 Å². The van der Waals surface area contributed by atoms with Crippen LogP contribution in [0.25, 0.3) is 0 Å². The highest BCUT2D eigenvalue weighted by Gasteiger charge is 2.34. The van der Waals surface area contributed by atoms with E-state index in [1.54, 1.807) is 0 Å². The van der Waals surface area contributed by atoms with Gasteiger partial charge in [0.05, 0.1) is 6.10 Å². The van der Waals surface area contributed by atoms with Crippen LogP contribution in [0.4, 0.5) is 0 Å². The number of hydrogen-bond acceptors (Lipinski definition) is 2. The molecule has 0 aromatic heterocycles. The van der Waals surface area contributed by atoms with E-state index < -0.39 is 0 Å². The zero-order chi connectivity index (χ0) is 10.1. The Hall–Kier alpha value is -0.0800. The molecule has 0 saturated heterocycles. The molecule has 0 bridgehead atoms. The van der Waals surface area contributed by atoms with Crippen LogP contribution in [0.1, 0.15) is 40.0 Å². The van der Waals surface area contributed by atoms with Gasteiger partial charge in [-0.2, -0.15) is 0 Å². The molecular weight excluding hydrogens is 164 g/mol. The lowest BCUT2D eigenvalue weighted by molar-refractivity contribution is -0.00534. The molecule has 78 valence electrons. The molecular formula is C11H22O2. The normalized spacial score (nSPS) is 36.2. The third kappa shape index (κ3) is 2.68. The lowest BCUT2D eigenvalue weighted by Gasteiger charge is -2.39. The summed E-state index contributed by atoms with van der Waals surface area (Å²) in [6.07, 6.45) is 2.65. The summed E-state index contributed by atoms with van der Waals surface area (Å²) >= 11 is 0. The van der Waals surface area contributed by atoms with Crippen molar-refractivity contribution >= 4 is 0 Å². The van der Waals surface area contributed by atoms with Gasteiger partial charge in [-0.15, -0.1) is 0 Å². The van der Waals surface area contributed by atoms with Crippen molar-refractivity contribution in [2.45, 2.75) is 46.1 Å². The molecule has 0 heterocycles. The van der Waals surface area contributed by atoms with Crippen LogP contribution in [-0.4, -0.2) is 22.9 Å². The van der Waals surface area contributed by atoms with E-state index in [4.69, 9.17) is 5.11 Å². The summed E-state index contributed by atoms with van der Waals surface area (Å²) in [6, 6.07) is 0. The average Bonchev–Trinajstić information content (AvgIpc) is 2.03. The SMILES string of the molecule is CC(C)(C)C1CCC(O)C(CO)C1. The Labute approximate surface area is 81.0 Å². The number of hydrogen-bond donors (Lipinski definition) is 2. The Morgan fingerprint density at radius 2 is 1.85 bits per heavy atom. The smallest absolute Gasteiger partial charge is 0.0590 e. The van der Waals surface area contributed by atoms with Crippen molar-refractivity contribution in [3.63, 3.8) is 0 Å². The highest BCUT2D eigenvalue weighted by molar-refractivity contribution is 4.85. The summed E-state index contributed by atoms with van der Waals surface area (Å²) in [4.78, 5) is 0. The van der Waals surface area contributed by atoms with Crippen molar-refractivity contribution in [2.75, 3.05) is 6.61 Å². The minimum atomic E-state index is -0.274. The third-order valence-corrected chi connectivity index (χ3v) is 3.40. The fourth-order valence-electron chi connectivity index (χ4n) is 2.23. The Morgan fingerprint density at radius 3 is 2.31 bits per heavy atom. The molecule has 0 spiro atoms.